The summed E-state index contributed by atoms with van der Waals surface area (Å²) in [6, 6.07) is 4.26. The van der Waals surface area contributed by atoms with Crippen molar-refractivity contribution in [1.29, 1.82) is 0 Å². The lowest BCUT2D eigenvalue weighted by molar-refractivity contribution is -0.0486. The highest BCUT2D eigenvalue weighted by Gasteiger charge is 2.21. The second-order valence-corrected chi connectivity index (χ2v) is 8.59. The van der Waals surface area contributed by atoms with Crippen LogP contribution in [0, 0.1) is 0 Å². The van der Waals surface area contributed by atoms with Crippen molar-refractivity contribution < 1.29 is 9.47 Å². The van der Waals surface area contributed by atoms with Gasteiger partial charge in [-0.25, -0.2) is 0 Å². The highest BCUT2D eigenvalue weighted by atomic mass is 79.9. The molecule has 0 bridgehead atoms. The van der Waals surface area contributed by atoms with E-state index in [-0.39, 0.29) is 11.2 Å². The first-order valence-corrected chi connectivity index (χ1v) is 9.99. The molecule has 0 atom stereocenters. The van der Waals surface area contributed by atoms with Gasteiger partial charge in [-0.05, 0) is 63.3 Å². The van der Waals surface area contributed by atoms with Gasteiger partial charge in [-0.2, -0.15) is 0 Å². The predicted octanol–water partition coefficient (Wildman–Crippen LogP) is 7.01. The fraction of sp³-hybridized carbons (Fsp3) is 0.684. The number of hydrogen-bond acceptors (Lipinski definition) is 2. The molecule has 0 heterocycles. The average Bonchev–Trinajstić information content (AvgIpc) is 2.53. The van der Waals surface area contributed by atoms with Gasteiger partial charge in [0.1, 0.15) is 0 Å². The molecule has 0 radical (unpaired) electrons. The Bertz CT molecular complexity index is 508. The molecule has 0 saturated heterocycles. The van der Waals surface area contributed by atoms with E-state index in [0.29, 0.717) is 13.2 Å². The quantitative estimate of drug-likeness (QED) is 0.403. The number of hydrogen-bond donors (Lipinski definition) is 0. The SMILES string of the molecule is CCC(C)(C)OCc1cc(Br)c(COC(C)(CC)CC)cc1Br. The van der Waals surface area contributed by atoms with Crippen LogP contribution in [-0.4, -0.2) is 11.2 Å². The Hall–Kier alpha value is 0.1000. The molecule has 1 rings (SSSR count). The number of halogens is 2. The molecule has 1 aromatic carbocycles. The van der Waals surface area contributed by atoms with Crippen LogP contribution in [0.3, 0.4) is 0 Å². The topological polar surface area (TPSA) is 18.5 Å². The average molecular weight is 450 g/mol. The Labute approximate surface area is 158 Å². The van der Waals surface area contributed by atoms with Gasteiger partial charge in [0.15, 0.2) is 0 Å². The van der Waals surface area contributed by atoms with E-state index in [0.717, 1.165) is 39.3 Å². The van der Waals surface area contributed by atoms with Crippen LogP contribution >= 0.6 is 31.9 Å². The molecule has 1 aromatic rings. The van der Waals surface area contributed by atoms with E-state index in [2.05, 4.69) is 85.5 Å². The summed E-state index contributed by atoms with van der Waals surface area (Å²) in [6.07, 6.45) is 3.02. The predicted molar refractivity (Wildman–Crippen MR) is 105 cm³/mol. The van der Waals surface area contributed by atoms with Crippen molar-refractivity contribution in [2.24, 2.45) is 0 Å². The summed E-state index contributed by atoms with van der Waals surface area (Å²) in [4.78, 5) is 0. The summed E-state index contributed by atoms with van der Waals surface area (Å²) in [5.41, 5.74) is 2.15. The van der Waals surface area contributed by atoms with Crippen LogP contribution in [0.15, 0.2) is 21.1 Å². The Morgan fingerprint density at radius 3 is 1.61 bits per heavy atom. The number of ether oxygens (including phenoxy) is 2. The fourth-order valence-electron chi connectivity index (χ4n) is 1.93. The summed E-state index contributed by atoms with van der Waals surface area (Å²) in [6.45, 7) is 14.1. The molecule has 0 aliphatic rings. The summed E-state index contributed by atoms with van der Waals surface area (Å²) >= 11 is 7.34. The van der Waals surface area contributed by atoms with Crippen LogP contribution in [0.5, 0.6) is 0 Å². The van der Waals surface area contributed by atoms with Crippen molar-refractivity contribution in [3.05, 3.63) is 32.2 Å². The molecule has 4 heteroatoms. The van der Waals surface area contributed by atoms with Crippen molar-refractivity contribution in [2.75, 3.05) is 0 Å². The van der Waals surface area contributed by atoms with Gasteiger partial charge in [0, 0.05) is 8.95 Å². The molecule has 0 spiro atoms. The van der Waals surface area contributed by atoms with E-state index >= 15 is 0 Å². The Morgan fingerprint density at radius 2 is 1.22 bits per heavy atom. The largest absolute Gasteiger partial charge is 0.371 e. The summed E-state index contributed by atoms with van der Waals surface area (Å²) in [5, 5.41) is 0. The van der Waals surface area contributed by atoms with Crippen molar-refractivity contribution in [3.8, 4) is 0 Å². The zero-order chi connectivity index (χ0) is 17.7. The molecule has 0 saturated carbocycles. The fourth-order valence-corrected chi connectivity index (χ4v) is 2.94. The van der Waals surface area contributed by atoms with Gasteiger partial charge in [0.2, 0.25) is 0 Å². The first kappa shape index (κ1) is 21.1. The molecule has 0 aliphatic carbocycles. The van der Waals surface area contributed by atoms with Gasteiger partial charge in [-0.15, -0.1) is 0 Å². The van der Waals surface area contributed by atoms with Crippen LogP contribution in [0.25, 0.3) is 0 Å². The molecule has 0 unspecified atom stereocenters. The molecule has 0 aromatic heterocycles. The van der Waals surface area contributed by atoms with E-state index in [1.54, 1.807) is 0 Å². The molecule has 23 heavy (non-hydrogen) atoms. The van der Waals surface area contributed by atoms with E-state index in [1.807, 2.05) is 0 Å². The third-order valence-electron chi connectivity index (χ3n) is 4.76. The Kier molecular flexibility index (Phi) is 8.26. The van der Waals surface area contributed by atoms with Gasteiger partial charge in [-0.1, -0.05) is 52.6 Å². The molecule has 0 aliphatic heterocycles. The van der Waals surface area contributed by atoms with E-state index in [1.165, 1.54) is 0 Å². The van der Waals surface area contributed by atoms with Crippen molar-refractivity contribution >= 4 is 31.9 Å². The zero-order valence-corrected chi connectivity index (χ0v) is 18.4. The maximum absolute atomic E-state index is 6.14. The third-order valence-corrected chi connectivity index (χ3v) is 6.23. The smallest absolute Gasteiger partial charge is 0.0735 e. The van der Waals surface area contributed by atoms with Crippen LogP contribution in [0.1, 0.15) is 71.9 Å². The summed E-state index contributed by atoms with van der Waals surface area (Å²) < 4.78 is 14.3. The van der Waals surface area contributed by atoms with Crippen LogP contribution in [0.4, 0.5) is 0 Å². The number of rotatable bonds is 9. The standard InChI is InChI=1S/C19H30Br2O2/c1-7-18(4,5)22-12-14-10-17(21)15(11-16(14)20)13-23-19(6,8-2)9-3/h10-11H,7-9,12-13H2,1-6H3. The first-order chi connectivity index (χ1) is 10.7. The first-order valence-electron chi connectivity index (χ1n) is 8.41. The second kappa shape index (κ2) is 8.98. The second-order valence-electron chi connectivity index (χ2n) is 6.88. The van der Waals surface area contributed by atoms with Gasteiger partial charge in [0.05, 0.1) is 24.4 Å². The third kappa shape index (κ3) is 6.49. The van der Waals surface area contributed by atoms with Gasteiger partial charge < -0.3 is 9.47 Å². The van der Waals surface area contributed by atoms with Gasteiger partial charge in [0.25, 0.3) is 0 Å². The van der Waals surface area contributed by atoms with Crippen molar-refractivity contribution in [2.45, 2.75) is 85.2 Å². The van der Waals surface area contributed by atoms with E-state index in [4.69, 9.17) is 9.47 Å². The Balaban J connectivity index is 2.81. The lowest BCUT2D eigenvalue weighted by Gasteiger charge is -2.28. The van der Waals surface area contributed by atoms with E-state index in [9.17, 15) is 0 Å². The van der Waals surface area contributed by atoms with E-state index < -0.39 is 0 Å². The minimum Gasteiger partial charge on any atom is -0.371 e. The zero-order valence-electron chi connectivity index (χ0n) is 15.3. The van der Waals surface area contributed by atoms with Crippen LogP contribution in [0.2, 0.25) is 0 Å². The number of benzene rings is 1. The van der Waals surface area contributed by atoms with Crippen LogP contribution in [-0.2, 0) is 22.7 Å². The monoisotopic (exact) mass is 448 g/mol. The minimum atomic E-state index is -0.0994. The van der Waals surface area contributed by atoms with Crippen molar-refractivity contribution in [3.63, 3.8) is 0 Å². The molecule has 0 fully saturated rings. The van der Waals surface area contributed by atoms with Crippen molar-refractivity contribution in [1.82, 2.24) is 0 Å². The lowest BCUT2D eigenvalue weighted by Crippen LogP contribution is -2.26. The summed E-state index contributed by atoms with van der Waals surface area (Å²) in [7, 11) is 0. The molecular formula is C19H30Br2O2. The minimum absolute atomic E-state index is 0.0567. The molecular weight excluding hydrogens is 420 g/mol. The van der Waals surface area contributed by atoms with Gasteiger partial charge >= 0.3 is 0 Å². The maximum Gasteiger partial charge on any atom is 0.0735 e. The van der Waals surface area contributed by atoms with Gasteiger partial charge in [-0.3, -0.25) is 0 Å². The summed E-state index contributed by atoms with van der Waals surface area (Å²) in [5.74, 6) is 0. The molecule has 0 amide bonds. The Morgan fingerprint density at radius 1 is 0.783 bits per heavy atom. The maximum atomic E-state index is 6.14. The highest BCUT2D eigenvalue weighted by molar-refractivity contribution is 9.11. The molecule has 2 nitrogen and oxygen atoms in total. The lowest BCUT2D eigenvalue weighted by atomic mass is 10.00. The normalized spacial score (nSPS) is 12.7. The molecule has 132 valence electrons. The molecule has 0 N–H and O–H groups in total. The highest BCUT2D eigenvalue weighted by Crippen LogP contribution is 2.30. The van der Waals surface area contributed by atoms with Crippen LogP contribution < -0.4 is 0 Å².